The molecule has 40 heteroatoms. The van der Waals surface area contributed by atoms with E-state index in [4.69, 9.17) is 0 Å². The van der Waals surface area contributed by atoms with Crippen LogP contribution in [0.4, 0.5) is 53.5 Å². The van der Waals surface area contributed by atoms with Gasteiger partial charge in [-0.2, -0.15) is 44.9 Å². The van der Waals surface area contributed by atoms with Crippen molar-refractivity contribution in [2.45, 2.75) is 74.8 Å². The predicted molar refractivity (Wildman–Crippen MR) is 354 cm³/mol. The Hall–Kier alpha value is -13.3. The predicted octanol–water partition coefficient (Wildman–Crippen LogP) is 1.97. The zero-order valence-electron chi connectivity index (χ0n) is 52.3. The second-order valence-corrected chi connectivity index (χ2v) is 22.2. The third-order valence-corrected chi connectivity index (χ3v) is 15.1. The van der Waals surface area contributed by atoms with Gasteiger partial charge < -0.3 is 109 Å². The van der Waals surface area contributed by atoms with E-state index >= 15 is 0 Å². The average Bonchev–Trinajstić information content (AvgIpc) is 1.48. The van der Waals surface area contributed by atoms with Gasteiger partial charge in [0.25, 0.3) is 0 Å². The molecule has 0 amide bonds. The van der Waals surface area contributed by atoms with E-state index in [2.05, 4.69) is 108 Å². The van der Waals surface area contributed by atoms with Crippen molar-refractivity contribution < 1.29 is 89.1 Å². The molecule has 0 fully saturated rings. The number of H-pyrrole nitrogens is 3. The maximum absolute atomic E-state index is 12.8. The van der Waals surface area contributed by atoms with E-state index in [9.17, 15) is 89.1 Å². The highest BCUT2D eigenvalue weighted by atomic mass is 16.4. The number of anilines is 9. The molecule has 21 N–H and O–H groups in total. The number of carbonyl (C=O) groups is 9. The summed E-state index contributed by atoms with van der Waals surface area (Å²) < 4.78 is 0. The lowest BCUT2D eigenvalue weighted by Crippen LogP contribution is -2.37. The van der Waals surface area contributed by atoms with Crippen LogP contribution in [0, 0.1) is 0 Å². The molecule has 9 aromatic rings. The lowest BCUT2D eigenvalue weighted by atomic mass is 10.1. The van der Waals surface area contributed by atoms with Crippen LogP contribution in [-0.4, -0.2) is 240 Å². The molecule has 0 saturated heterocycles. The maximum atomic E-state index is 12.8. The van der Waals surface area contributed by atoms with Crippen LogP contribution in [0.3, 0.4) is 0 Å². The second-order valence-electron chi connectivity index (χ2n) is 22.2. The summed E-state index contributed by atoms with van der Waals surface area (Å²) in [6.07, 6.45) is 1.74. The number of aromatic amines is 3. The van der Waals surface area contributed by atoms with Gasteiger partial charge in [-0.3, -0.25) is 19.3 Å². The highest BCUT2D eigenvalue weighted by Gasteiger charge is 2.30. The molecule has 9 rings (SSSR count). The summed E-state index contributed by atoms with van der Waals surface area (Å²) in [6, 6.07) is 11.8. The topological polar surface area (TPSA) is 611 Å². The molecule has 6 heterocycles. The van der Waals surface area contributed by atoms with Gasteiger partial charge in [0.1, 0.15) is 36.3 Å². The Morgan fingerprint density at radius 2 is 0.540 bits per heavy atom. The Morgan fingerprint density at radius 1 is 0.320 bits per heavy atom. The Bertz CT molecular complexity index is 4030. The molecular formula is C60H66N22O18. The molecule has 0 bridgehead atoms. The van der Waals surface area contributed by atoms with Crippen molar-refractivity contribution in [3.8, 4) is 0 Å². The summed E-state index contributed by atoms with van der Waals surface area (Å²) in [7, 11) is 0. The van der Waals surface area contributed by atoms with Crippen LogP contribution in [0.5, 0.6) is 0 Å². The first-order valence-electron chi connectivity index (χ1n) is 30.4. The number of para-hydroxylation sites is 3. The highest BCUT2D eigenvalue weighted by molar-refractivity contribution is 5.89. The number of nitrogens with zero attached hydrogens (tertiary/aromatic N) is 10. The van der Waals surface area contributed by atoms with Gasteiger partial charge >= 0.3 is 53.7 Å². The van der Waals surface area contributed by atoms with Crippen LogP contribution in [0.15, 0.2) is 91.4 Å². The number of aliphatic carboxylic acids is 9. The minimum absolute atomic E-state index is 0.00348. The third-order valence-electron chi connectivity index (χ3n) is 15.1. The van der Waals surface area contributed by atoms with Crippen molar-refractivity contribution in [2.75, 3.05) is 87.1 Å². The first-order chi connectivity index (χ1) is 47.9. The number of hydrogen-bond acceptors (Lipinski definition) is 28. The molecule has 0 spiro atoms. The number of hydrogen-bond donors (Lipinski definition) is 21. The summed E-state index contributed by atoms with van der Waals surface area (Å²) in [5, 5.41) is 116. The van der Waals surface area contributed by atoms with E-state index in [0.717, 1.165) is 32.7 Å². The lowest BCUT2D eigenvalue weighted by Gasteiger charge is -2.23. The lowest BCUT2D eigenvalue weighted by molar-refractivity contribution is -0.144. The summed E-state index contributed by atoms with van der Waals surface area (Å²) >= 11 is 0. The number of carboxylic acid groups (broad SMARTS) is 9. The molecule has 0 aliphatic heterocycles. The van der Waals surface area contributed by atoms with Crippen LogP contribution < -0.4 is 47.9 Å². The van der Waals surface area contributed by atoms with Gasteiger partial charge in [0.05, 0.1) is 19.3 Å². The third kappa shape index (κ3) is 19.9. The molecule has 6 aromatic heterocycles. The van der Waals surface area contributed by atoms with E-state index in [-0.39, 0.29) is 94.2 Å². The molecule has 0 unspecified atom stereocenters. The van der Waals surface area contributed by atoms with E-state index in [0.29, 0.717) is 16.7 Å². The summed E-state index contributed by atoms with van der Waals surface area (Å²) in [6.45, 7) is -0.343. The van der Waals surface area contributed by atoms with Gasteiger partial charge in [0, 0.05) is 110 Å². The molecule has 0 aliphatic rings. The van der Waals surface area contributed by atoms with E-state index in [1.807, 2.05) is 0 Å². The standard InChI is InChI=1S/C60H66N22O18/c83-43(84)22-40(49(95)96)70-58-76-52(73-55(79-58)67-37(46(89)90)19-28-25-64-34-10-4-1-7-31(28)34)61-13-16-82(17-14-62-53-74-56(80-59(77-53)71-41(50(97)98)23-44(85)86)68-38(47(91)92)20-29-26-65-35-11-5-2-8-32(29)35)18-15-63-54-75-57(81-60(78-54)72-42(51(99)100)24-45(87)88)69-39(48(93)94)21-30-27-66-36-12-6-3-9-33(30)36/h1-12,25-27,37-42,64-66H,13-24H2,(H,83,84)(H,85,86)(H,87,88)(H,89,90)(H,91,92)(H,93,94)(H,95,96)(H,97,98)(H,99,100)(H3,61,67,70,73,76,79)(H3,62,68,71,74,77,80)(H3,63,69,72,75,78,81)/t37-,38-,39-,40-,41-,42-/m0/s1. The number of rotatable bonds is 42. The van der Waals surface area contributed by atoms with Gasteiger partial charge in [0.2, 0.25) is 53.5 Å². The first-order valence-corrected chi connectivity index (χ1v) is 30.4. The summed E-state index contributed by atoms with van der Waals surface area (Å²) in [4.78, 5) is 160. The molecular weight excluding hydrogens is 1320 g/mol. The van der Waals surface area contributed by atoms with Crippen molar-refractivity contribution in [2.24, 2.45) is 0 Å². The smallest absolute Gasteiger partial charge is 0.326 e. The summed E-state index contributed by atoms with van der Waals surface area (Å²) in [5.41, 5.74) is 3.99. The van der Waals surface area contributed by atoms with Crippen molar-refractivity contribution in [3.63, 3.8) is 0 Å². The average molecular weight is 1380 g/mol. The maximum Gasteiger partial charge on any atom is 0.326 e. The molecule has 0 aliphatic carbocycles. The molecule has 0 radical (unpaired) electrons. The van der Waals surface area contributed by atoms with Crippen LogP contribution in [-0.2, 0) is 62.4 Å². The first kappa shape index (κ1) is 71.0. The van der Waals surface area contributed by atoms with E-state index in [1.54, 1.807) is 96.3 Å². The quantitative estimate of drug-likeness (QED) is 0.0260. The zero-order valence-corrected chi connectivity index (χ0v) is 52.3. The fraction of sp³-hybridized carbons (Fsp3) is 0.300. The normalized spacial score (nSPS) is 13.1. The Morgan fingerprint density at radius 3 is 0.770 bits per heavy atom. The van der Waals surface area contributed by atoms with Crippen LogP contribution in [0.1, 0.15) is 36.0 Å². The van der Waals surface area contributed by atoms with Crippen molar-refractivity contribution in [1.82, 2.24) is 64.7 Å². The number of nitrogens with one attached hydrogen (secondary N) is 12. The summed E-state index contributed by atoms with van der Waals surface area (Å²) in [5.74, 6) is -16.7. The van der Waals surface area contributed by atoms with Crippen molar-refractivity contribution in [3.05, 3.63) is 108 Å². The van der Waals surface area contributed by atoms with Crippen LogP contribution >= 0.6 is 0 Å². The minimum atomic E-state index is -1.79. The van der Waals surface area contributed by atoms with Gasteiger partial charge in [-0.1, -0.05) is 54.6 Å². The number of fused-ring (bicyclic) bond motifs is 3. The van der Waals surface area contributed by atoms with Gasteiger partial charge in [-0.05, 0) is 34.9 Å². The second kappa shape index (κ2) is 32.9. The van der Waals surface area contributed by atoms with Crippen molar-refractivity contribution >= 4 is 140 Å². The largest absolute Gasteiger partial charge is 0.481 e. The fourth-order valence-corrected chi connectivity index (χ4v) is 10.3. The Balaban J connectivity index is 1.01. The number of carboxylic acids is 9. The molecule has 6 atom stereocenters. The zero-order chi connectivity index (χ0) is 71.6. The molecule has 100 heavy (non-hydrogen) atoms. The molecule has 40 nitrogen and oxygen atoms in total. The SMILES string of the molecule is O=C(O)C[C@H](Nc1nc(NCCN(CCNc2nc(N[C@@H](CC(=O)O)C(=O)O)nc(N[C@@H](Cc3c[nH]c4ccccc34)C(=O)O)n2)CCNc2nc(N[C@@H](CC(=O)O)C(=O)O)nc(N[C@@H](Cc3c[nH]c4ccccc34)C(=O)O)n2)nc(N[C@@H](Cc2c[nH]c3ccccc23)C(=O)O)n1)C(=O)O. The highest BCUT2D eigenvalue weighted by Crippen LogP contribution is 2.25. The minimum Gasteiger partial charge on any atom is -0.481 e. The number of aromatic nitrogens is 12. The fourth-order valence-electron chi connectivity index (χ4n) is 10.3. The molecule has 0 saturated carbocycles. The molecule has 524 valence electrons. The van der Waals surface area contributed by atoms with Gasteiger partial charge in [0.15, 0.2) is 0 Å². The Labute approximate surface area is 562 Å². The van der Waals surface area contributed by atoms with Gasteiger partial charge in [-0.15, -0.1) is 0 Å². The van der Waals surface area contributed by atoms with E-state index in [1.165, 1.54) is 0 Å². The van der Waals surface area contributed by atoms with E-state index < -0.39 is 127 Å². The Kier molecular flexibility index (Phi) is 23.4. The van der Waals surface area contributed by atoms with Gasteiger partial charge in [-0.25, -0.2) is 28.8 Å². The van der Waals surface area contributed by atoms with Crippen LogP contribution in [0.2, 0.25) is 0 Å². The van der Waals surface area contributed by atoms with Crippen molar-refractivity contribution in [1.29, 1.82) is 0 Å². The van der Waals surface area contributed by atoms with Crippen LogP contribution in [0.25, 0.3) is 32.7 Å². The number of benzene rings is 3. The molecule has 3 aromatic carbocycles. The monoisotopic (exact) mass is 1380 g/mol.